The number of hydrogen-bond donors (Lipinski definition) is 2. The van der Waals surface area contributed by atoms with E-state index in [-0.39, 0.29) is 22.5 Å². The van der Waals surface area contributed by atoms with E-state index in [2.05, 4.69) is 5.32 Å². The fourth-order valence-electron chi connectivity index (χ4n) is 2.44. The summed E-state index contributed by atoms with van der Waals surface area (Å²) in [6, 6.07) is 6.91. The van der Waals surface area contributed by atoms with Gasteiger partial charge in [0.2, 0.25) is 0 Å². The van der Waals surface area contributed by atoms with Gasteiger partial charge in [-0.05, 0) is 29.0 Å². The fraction of sp³-hybridized carbons (Fsp3) is 0.421. The number of nitrogens with one attached hydrogen (secondary N) is 1. The minimum Gasteiger partial charge on any atom is -0.507 e. The number of amides is 1. The van der Waals surface area contributed by atoms with E-state index in [1.54, 1.807) is 24.3 Å². The average Bonchev–Trinajstić information content (AvgIpc) is 2.88. The summed E-state index contributed by atoms with van der Waals surface area (Å²) in [7, 11) is 0. The molecular weight excluding hydrogens is 290 g/mol. The lowest BCUT2D eigenvalue weighted by Crippen LogP contribution is -2.20. The van der Waals surface area contributed by atoms with E-state index in [1.807, 2.05) is 41.5 Å². The summed E-state index contributed by atoms with van der Waals surface area (Å²) in [4.78, 5) is 12.5. The Morgan fingerprint density at radius 1 is 1.04 bits per heavy atom. The highest BCUT2D eigenvalue weighted by molar-refractivity contribution is 6.04. The molecule has 1 aromatic heterocycles. The predicted octanol–water partition coefficient (Wildman–Crippen LogP) is 4.83. The van der Waals surface area contributed by atoms with Crippen LogP contribution in [0.3, 0.4) is 0 Å². The number of anilines is 1. The highest BCUT2D eigenvalue weighted by Crippen LogP contribution is 2.39. The standard InChI is InChI=1S/C19H25NO3/c1-18(2,3)13-10-12(11-14(16(13)21)19(4,5)6)17(22)20-15-8-7-9-23-15/h7-11,21H,1-6H3,(H,20,22). The Morgan fingerprint density at radius 3 is 1.96 bits per heavy atom. The molecule has 0 atom stereocenters. The first-order valence-electron chi connectivity index (χ1n) is 7.73. The summed E-state index contributed by atoms with van der Waals surface area (Å²) in [5, 5.41) is 13.4. The molecule has 23 heavy (non-hydrogen) atoms. The van der Waals surface area contributed by atoms with Crippen LogP contribution in [-0.4, -0.2) is 11.0 Å². The van der Waals surface area contributed by atoms with Gasteiger partial charge in [0.15, 0.2) is 5.88 Å². The molecule has 124 valence electrons. The Labute approximate surface area is 137 Å². The van der Waals surface area contributed by atoms with E-state index in [9.17, 15) is 9.90 Å². The number of carbonyl (C=O) groups excluding carboxylic acids is 1. The molecule has 2 aromatic rings. The lowest BCUT2D eigenvalue weighted by atomic mass is 9.78. The second-order valence-electron chi connectivity index (χ2n) is 7.85. The second kappa shape index (κ2) is 5.76. The molecule has 4 nitrogen and oxygen atoms in total. The molecule has 0 radical (unpaired) electrons. The van der Waals surface area contributed by atoms with Crippen LogP contribution in [0.5, 0.6) is 5.75 Å². The Bertz CT molecular complexity index is 666. The number of benzene rings is 1. The highest BCUT2D eigenvalue weighted by atomic mass is 16.3. The van der Waals surface area contributed by atoms with Crippen molar-refractivity contribution in [3.63, 3.8) is 0 Å². The van der Waals surface area contributed by atoms with Crippen molar-refractivity contribution in [1.29, 1.82) is 0 Å². The van der Waals surface area contributed by atoms with Gasteiger partial charge in [-0.25, -0.2) is 0 Å². The molecule has 0 saturated heterocycles. The number of phenolic OH excluding ortho intramolecular Hbond substituents is 1. The van der Waals surface area contributed by atoms with Gasteiger partial charge in [0.25, 0.3) is 5.91 Å². The summed E-state index contributed by atoms with van der Waals surface area (Å²) in [5.41, 5.74) is 1.48. The van der Waals surface area contributed by atoms with E-state index >= 15 is 0 Å². The van der Waals surface area contributed by atoms with E-state index < -0.39 is 0 Å². The largest absolute Gasteiger partial charge is 0.507 e. The first-order valence-corrected chi connectivity index (χ1v) is 7.73. The van der Waals surface area contributed by atoms with Gasteiger partial charge in [0, 0.05) is 22.8 Å². The summed E-state index contributed by atoms with van der Waals surface area (Å²) in [5.74, 6) is 0.410. The van der Waals surface area contributed by atoms with Crippen molar-refractivity contribution in [1.82, 2.24) is 0 Å². The highest BCUT2D eigenvalue weighted by Gasteiger charge is 2.27. The Morgan fingerprint density at radius 2 is 1.57 bits per heavy atom. The number of phenols is 1. The lowest BCUT2D eigenvalue weighted by Gasteiger charge is -2.28. The third kappa shape index (κ3) is 3.76. The van der Waals surface area contributed by atoms with Gasteiger partial charge in [-0.3, -0.25) is 10.1 Å². The molecule has 0 aliphatic carbocycles. The van der Waals surface area contributed by atoms with Gasteiger partial charge >= 0.3 is 0 Å². The van der Waals surface area contributed by atoms with Crippen LogP contribution >= 0.6 is 0 Å². The Hall–Kier alpha value is -2.23. The van der Waals surface area contributed by atoms with E-state index in [4.69, 9.17) is 4.42 Å². The normalized spacial score (nSPS) is 12.3. The molecule has 2 N–H and O–H groups in total. The van der Waals surface area contributed by atoms with Gasteiger partial charge in [0.1, 0.15) is 5.75 Å². The number of hydrogen-bond acceptors (Lipinski definition) is 3. The van der Waals surface area contributed by atoms with Gasteiger partial charge in [0.05, 0.1) is 6.26 Å². The van der Waals surface area contributed by atoms with Crippen LogP contribution in [0.2, 0.25) is 0 Å². The molecule has 2 rings (SSSR count). The molecule has 0 spiro atoms. The van der Waals surface area contributed by atoms with Crippen LogP contribution in [0.4, 0.5) is 5.88 Å². The van der Waals surface area contributed by atoms with Gasteiger partial charge in [-0.1, -0.05) is 41.5 Å². The van der Waals surface area contributed by atoms with E-state index in [1.165, 1.54) is 6.26 Å². The van der Waals surface area contributed by atoms with Gasteiger partial charge < -0.3 is 9.52 Å². The molecule has 0 unspecified atom stereocenters. The summed E-state index contributed by atoms with van der Waals surface area (Å²) < 4.78 is 5.16. The van der Waals surface area contributed by atoms with Crippen LogP contribution in [0, 0.1) is 0 Å². The lowest BCUT2D eigenvalue weighted by molar-refractivity contribution is 0.102. The third-order valence-corrected chi connectivity index (χ3v) is 3.75. The third-order valence-electron chi connectivity index (χ3n) is 3.75. The van der Waals surface area contributed by atoms with Crippen molar-refractivity contribution in [2.24, 2.45) is 0 Å². The Balaban J connectivity index is 2.53. The molecule has 0 bridgehead atoms. The number of carbonyl (C=O) groups is 1. The monoisotopic (exact) mass is 315 g/mol. The van der Waals surface area contributed by atoms with E-state index in [0.717, 1.165) is 11.1 Å². The van der Waals surface area contributed by atoms with Crippen molar-refractivity contribution in [2.75, 3.05) is 5.32 Å². The maximum absolute atomic E-state index is 12.5. The summed E-state index contributed by atoms with van der Waals surface area (Å²) >= 11 is 0. The molecular formula is C19H25NO3. The van der Waals surface area contributed by atoms with Crippen molar-refractivity contribution < 1.29 is 14.3 Å². The second-order valence-corrected chi connectivity index (χ2v) is 7.85. The quantitative estimate of drug-likeness (QED) is 0.834. The van der Waals surface area contributed by atoms with Crippen molar-refractivity contribution in [2.45, 2.75) is 52.4 Å². The van der Waals surface area contributed by atoms with Crippen LogP contribution in [0.15, 0.2) is 34.9 Å². The maximum Gasteiger partial charge on any atom is 0.257 e. The van der Waals surface area contributed by atoms with Crippen LogP contribution in [0.1, 0.15) is 63.0 Å². The summed E-state index contributed by atoms with van der Waals surface area (Å²) in [6.07, 6.45) is 1.51. The molecule has 0 aliphatic rings. The molecule has 0 aliphatic heterocycles. The van der Waals surface area contributed by atoms with Gasteiger partial charge in [-0.15, -0.1) is 0 Å². The van der Waals surface area contributed by atoms with Gasteiger partial charge in [-0.2, -0.15) is 0 Å². The molecule has 1 amide bonds. The number of aromatic hydroxyl groups is 1. The minimum atomic E-state index is -0.273. The van der Waals surface area contributed by atoms with Crippen molar-refractivity contribution >= 4 is 11.8 Å². The zero-order valence-electron chi connectivity index (χ0n) is 14.7. The van der Waals surface area contributed by atoms with Crippen LogP contribution in [-0.2, 0) is 10.8 Å². The molecule has 0 fully saturated rings. The zero-order chi connectivity index (χ0) is 17.4. The first-order chi connectivity index (χ1) is 10.5. The Kier molecular flexibility index (Phi) is 4.29. The maximum atomic E-state index is 12.5. The smallest absolute Gasteiger partial charge is 0.257 e. The van der Waals surface area contributed by atoms with Crippen molar-refractivity contribution in [3.05, 3.63) is 47.2 Å². The first kappa shape index (κ1) is 17.1. The predicted molar refractivity (Wildman–Crippen MR) is 92.2 cm³/mol. The number of rotatable bonds is 2. The van der Waals surface area contributed by atoms with Crippen LogP contribution < -0.4 is 5.32 Å². The van der Waals surface area contributed by atoms with Crippen LogP contribution in [0.25, 0.3) is 0 Å². The van der Waals surface area contributed by atoms with E-state index in [0.29, 0.717) is 11.4 Å². The minimum absolute atomic E-state index is 0.254. The molecule has 4 heteroatoms. The average molecular weight is 315 g/mol. The topological polar surface area (TPSA) is 62.5 Å². The molecule has 1 heterocycles. The molecule has 0 saturated carbocycles. The fourth-order valence-corrected chi connectivity index (χ4v) is 2.44. The zero-order valence-corrected chi connectivity index (χ0v) is 14.7. The number of furan rings is 1. The van der Waals surface area contributed by atoms with Crippen molar-refractivity contribution in [3.8, 4) is 5.75 Å². The summed E-state index contributed by atoms with van der Waals surface area (Å²) in [6.45, 7) is 12.1. The SMILES string of the molecule is CC(C)(C)c1cc(C(=O)Nc2ccco2)cc(C(C)(C)C)c1O. The molecule has 1 aromatic carbocycles.